The minimum absolute atomic E-state index is 0.113. The normalized spacial score (nSPS) is 14.0. The van der Waals surface area contributed by atoms with Crippen molar-refractivity contribution in [3.05, 3.63) is 17.0 Å². The fourth-order valence-corrected chi connectivity index (χ4v) is 2.74. The third kappa shape index (κ3) is 7.63. The molecule has 0 spiro atoms. The molecule has 1 rings (SSSR count). The largest absolute Gasteiger partial charge is 0.401 e. The van der Waals surface area contributed by atoms with Crippen LogP contribution in [0.5, 0.6) is 0 Å². The van der Waals surface area contributed by atoms with Crippen molar-refractivity contribution in [1.29, 1.82) is 0 Å². The molecule has 2 N–H and O–H groups in total. The molecule has 0 aliphatic heterocycles. The van der Waals surface area contributed by atoms with E-state index in [1.807, 2.05) is 32.5 Å². The zero-order valence-corrected chi connectivity index (χ0v) is 16.5. The first-order valence-electron chi connectivity index (χ1n) is 8.82. The molecule has 26 heavy (non-hydrogen) atoms. The predicted octanol–water partition coefficient (Wildman–Crippen LogP) is 2.02. The van der Waals surface area contributed by atoms with Crippen molar-refractivity contribution in [2.45, 2.75) is 46.3 Å². The van der Waals surface area contributed by atoms with Gasteiger partial charge in [0.15, 0.2) is 5.96 Å². The van der Waals surface area contributed by atoms with Crippen LogP contribution in [0.2, 0.25) is 0 Å². The third-order valence-corrected chi connectivity index (χ3v) is 4.10. The van der Waals surface area contributed by atoms with Crippen LogP contribution in [0, 0.1) is 13.8 Å². The number of aryl methyl sites for hydroxylation is 2. The topological polar surface area (TPSA) is 57.5 Å². The highest BCUT2D eigenvalue weighted by atomic mass is 19.4. The number of rotatable bonds is 8. The van der Waals surface area contributed by atoms with E-state index in [9.17, 15) is 13.2 Å². The van der Waals surface area contributed by atoms with Crippen molar-refractivity contribution in [2.24, 2.45) is 12.0 Å². The number of guanidine groups is 1. The third-order valence-electron chi connectivity index (χ3n) is 4.10. The summed E-state index contributed by atoms with van der Waals surface area (Å²) in [5, 5.41) is 10.9. The Morgan fingerprint density at radius 1 is 1.35 bits per heavy atom. The molecule has 9 heteroatoms. The van der Waals surface area contributed by atoms with Gasteiger partial charge in [-0.2, -0.15) is 18.3 Å². The molecule has 0 radical (unpaired) electrons. The summed E-state index contributed by atoms with van der Waals surface area (Å²) in [6, 6.07) is 0.113. The van der Waals surface area contributed by atoms with E-state index in [1.54, 1.807) is 0 Å². The van der Waals surface area contributed by atoms with Crippen molar-refractivity contribution in [1.82, 2.24) is 25.3 Å². The van der Waals surface area contributed by atoms with Crippen molar-refractivity contribution < 1.29 is 13.2 Å². The Hall–Kier alpha value is -1.77. The van der Waals surface area contributed by atoms with Crippen LogP contribution in [0.1, 0.15) is 30.8 Å². The second-order valence-electron chi connectivity index (χ2n) is 6.64. The molecule has 0 fully saturated rings. The number of halogens is 3. The Labute approximate surface area is 153 Å². The van der Waals surface area contributed by atoms with Crippen molar-refractivity contribution in [2.75, 3.05) is 33.2 Å². The van der Waals surface area contributed by atoms with Crippen molar-refractivity contribution >= 4 is 5.96 Å². The standard InChI is InChI=1S/C17H31F3N6/c1-7-21-16(22-8-9-25(5)11-17(18,19)20)23-12(2)10-15-13(3)24-26(6)14(15)4/h12H,7-11H2,1-6H3,(H2,21,22,23). The van der Waals surface area contributed by atoms with E-state index in [4.69, 9.17) is 0 Å². The van der Waals surface area contributed by atoms with Crippen LogP contribution >= 0.6 is 0 Å². The van der Waals surface area contributed by atoms with E-state index in [2.05, 4.69) is 27.6 Å². The Balaban J connectivity index is 2.60. The Morgan fingerprint density at radius 2 is 2.00 bits per heavy atom. The number of likely N-dealkylation sites (N-methyl/N-ethyl adjacent to an activating group) is 1. The zero-order chi connectivity index (χ0) is 19.9. The average molecular weight is 376 g/mol. The van der Waals surface area contributed by atoms with Gasteiger partial charge in [0.2, 0.25) is 0 Å². The number of aromatic nitrogens is 2. The Kier molecular flexibility index (Phi) is 8.39. The van der Waals surface area contributed by atoms with Gasteiger partial charge >= 0.3 is 6.18 Å². The molecule has 0 bridgehead atoms. The highest BCUT2D eigenvalue weighted by molar-refractivity contribution is 5.80. The first-order chi connectivity index (χ1) is 12.0. The Bertz CT molecular complexity index is 594. The van der Waals surface area contributed by atoms with Gasteiger partial charge in [-0.3, -0.25) is 14.6 Å². The first kappa shape index (κ1) is 22.3. The molecule has 0 aliphatic carbocycles. The van der Waals surface area contributed by atoms with Crippen molar-refractivity contribution in [3.8, 4) is 0 Å². The van der Waals surface area contributed by atoms with Gasteiger partial charge in [-0.15, -0.1) is 0 Å². The van der Waals surface area contributed by atoms with E-state index in [0.717, 1.165) is 17.8 Å². The summed E-state index contributed by atoms with van der Waals surface area (Å²) in [7, 11) is 3.37. The minimum atomic E-state index is -4.19. The number of nitrogens with zero attached hydrogens (tertiary/aromatic N) is 4. The van der Waals surface area contributed by atoms with E-state index < -0.39 is 12.7 Å². The number of hydrogen-bond donors (Lipinski definition) is 2. The van der Waals surface area contributed by atoms with Gasteiger partial charge in [-0.05, 0) is 46.7 Å². The molecule has 0 aromatic carbocycles. The molecule has 0 amide bonds. The molecular weight excluding hydrogens is 345 g/mol. The molecule has 1 atom stereocenters. The SMILES string of the molecule is CCNC(=NCCN(C)CC(F)(F)F)NC(C)Cc1c(C)nn(C)c1C. The van der Waals surface area contributed by atoms with Gasteiger partial charge in [0.1, 0.15) is 0 Å². The molecule has 0 aliphatic rings. The van der Waals surface area contributed by atoms with Crippen LogP contribution in [0.25, 0.3) is 0 Å². The van der Waals surface area contributed by atoms with Crippen molar-refractivity contribution in [3.63, 3.8) is 0 Å². The highest BCUT2D eigenvalue weighted by Gasteiger charge is 2.28. The summed E-state index contributed by atoms with van der Waals surface area (Å²) in [6.07, 6.45) is -3.39. The van der Waals surface area contributed by atoms with Crippen LogP contribution in [0.3, 0.4) is 0 Å². The predicted molar refractivity (Wildman–Crippen MR) is 98.5 cm³/mol. The summed E-state index contributed by atoms with van der Waals surface area (Å²) in [5.74, 6) is 0.611. The molecule has 1 heterocycles. The lowest BCUT2D eigenvalue weighted by atomic mass is 10.1. The smallest absolute Gasteiger partial charge is 0.357 e. The van der Waals surface area contributed by atoms with Crippen LogP contribution in [-0.2, 0) is 13.5 Å². The second-order valence-corrected chi connectivity index (χ2v) is 6.64. The second kappa shape index (κ2) is 9.80. The summed E-state index contributed by atoms with van der Waals surface area (Å²) in [6.45, 7) is 8.32. The molecule has 1 aromatic heterocycles. The Morgan fingerprint density at radius 3 is 2.50 bits per heavy atom. The average Bonchev–Trinajstić information content (AvgIpc) is 2.72. The molecule has 0 saturated carbocycles. The number of aliphatic imine (C=N–C) groups is 1. The quantitative estimate of drug-likeness (QED) is 0.538. The number of alkyl halides is 3. The fraction of sp³-hybridized carbons (Fsp3) is 0.765. The minimum Gasteiger partial charge on any atom is -0.357 e. The van der Waals surface area contributed by atoms with E-state index in [-0.39, 0.29) is 12.6 Å². The fourth-order valence-electron chi connectivity index (χ4n) is 2.74. The maximum Gasteiger partial charge on any atom is 0.401 e. The van der Waals surface area contributed by atoms with Gasteiger partial charge < -0.3 is 10.6 Å². The van der Waals surface area contributed by atoms with Gasteiger partial charge in [0, 0.05) is 31.9 Å². The lowest BCUT2D eigenvalue weighted by Gasteiger charge is -2.20. The van der Waals surface area contributed by atoms with Crippen LogP contribution in [-0.4, -0.2) is 66.1 Å². The zero-order valence-electron chi connectivity index (χ0n) is 16.5. The molecule has 6 nitrogen and oxygen atoms in total. The summed E-state index contributed by atoms with van der Waals surface area (Å²) < 4.78 is 38.9. The molecule has 1 aromatic rings. The van der Waals surface area contributed by atoms with E-state index in [1.165, 1.54) is 17.5 Å². The first-order valence-corrected chi connectivity index (χ1v) is 8.82. The molecular formula is C17H31F3N6. The summed E-state index contributed by atoms with van der Waals surface area (Å²) in [4.78, 5) is 5.60. The molecule has 0 saturated heterocycles. The van der Waals surface area contributed by atoms with Gasteiger partial charge in [0.25, 0.3) is 0 Å². The maximum atomic E-state index is 12.3. The maximum absolute atomic E-state index is 12.3. The van der Waals surface area contributed by atoms with Crippen LogP contribution < -0.4 is 10.6 Å². The summed E-state index contributed by atoms with van der Waals surface area (Å²) in [5.41, 5.74) is 3.34. The summed E-state index contributed by atoms with van der Waals surface area (Å²) >= 11 is 0. The van der Waals surface area contributed by atoms with Crippen LogP contribution in [0.4, 0.5) is 13.2 Å². The monoisotopic (exact) mass is 376 g/mol. The van der Waals surface area contributed by atoms with Gasteiger partial charge in [-0.25, -0.2) is 0 Å². The van der Waals surface area contributed by atoms with Gasteiger partial charge in [0.05, 0.1) is 18.8 Å². The lowest BCUT2D eigenvalue weighted by Crippen LogP contribution is -2.43. The number of hydrogen-bond acceptors (Lipinski definition) is 3. The highest BCUT2D eigenvalue weighted by Crippen LogP contribution is 2.15. The van der Waals surface area contributed by atoms with E-state index >= 15 is 0 Å². The molecule has 1 unspecified atom stereocenters. The number of nitrogens with one attached hydrogen (secondary N) is 2. The van der Waals surface area contributed by atoms with Crippen LogP contribution in [0.15, 0.2) is 4.99 Å². The lowest BCUT2D eigenvalue weighted by molar-refractivity contribution is -0.142. The molecule has 150 valence electrons. The van der Waals surface area contributed by atoms with Gasteiger partial charge in [-0.1, -0.05) is 0 Å². The van der Waals surface area contributed by atoms with E-state index in [0.29, 0.717) is 19.0 Å².